The number of aromatic carboxylic acids is 1. The summed E-state index contributed by atoms with van der Waals surface area (Å²) in [7, 11) is 0. The number of hydrogen-bond donors (Lipinski definition) is 1. The Morgan fingerprint density at radius 1 is 0.909 bits per heavy atom. The number of hydrogen-bond acceptors (Lipinski definition) is 3. The fraction of sp³-hybridized carbons (Fsp3) is 0.222. The van der Waals surface area contributed by atoms with Crippen LogP contribution in [0.15, 0.2) is 54.6 Å². The molecule has 0 aliphatic rings. The van der Waals surface area contributed by atoms with E-state index in [2.05, 4.69) is 0 Å². The van der Waals surface area contributed by atoms with E-state index in [4.69, 9.17) is 9.84 Å². The first-order chi connectivity index (χ1) is 10.5. The molecule has 0 unspecified atom stereocenters. The molecule has 4 heteroatoms. The molecule has 2 rings (SSSR count). The molecule has 0 bridgehead atoms. The summed E-state index contributed by atoms with van der Waals surface area (Å²) in [5.74, 6) is -1.70. The van der Waals surface area contributed by atoms with Crippen molar-refractivity contribution >= 4 is 11.9 Å². The minimum Gasteiger partial charge on any atom is -0.478 e. The van der Waals surface area contributed by atoms with Gasteiger partial charge in [-0.2, -0.15) is 0 Å². The third kappa shape index (κ3) is 3.52. The van der Waals surface area contributed by atoms with Crippen LogP contribution in [0.25, 0.3) is 0 Å². The quantitative estimate of drug-likeness (QED) is 0.849. The summed E-state index contributed by atoms with van der Waals surface area (Å²) in [6, 6.07) is 15.5. The highest BCUT2D eigenvalue weighted by Crippen LogP contribution is 2.27. The van der Waals surface area contributed by atoms with E-state index in [9.17, 15) is 9.59 Å². The molecule has 0 saturated heterocycles. The topological polar surface area (TPSA) is 63.6 Å². The predicted molar refractivity (Wildman–Crippen MR) is 82.8 cm³/mol. The Balaban J connectivity index is 2.28. The van der Waals surface area contributed by atoms with Gasteiger partial charge in [0.1, 0.15) is 6.10 Å². The highest BCUT2D eigenvalue weighted by atomic mass is 16.5. The molecule has 0 aliphatic carbocycles. The van der Waals surface area contributed by atoms with Crippen molar-refractivity contribution < 1.29 is 19.4 Å². The Kier molecular flexibility index (Phi) is 4.94. The normalized spacial score (nSPS) is 12.0. The minimum absolute atomic E-state index is 0.0527. The molecule has 114 valence electrons. The predicted octanol–water partition coefficient (Wildman–Crippen LogP) is 3.94. The number of rotatable bonds is 5. The minimum atomic E-state index is -1.15. The molecule has 2 aromatic rings. The van der Waals surface area contributed by atoms with Gasteiger partial charge in [0.05, 0.1) is 11.1 Å². The fourth-order valence-electron chi connectivity index (χ4n) is 2.26. The number of carboxylic acid groups (broad SMARTS) is 1. The maximum atomic E-state index is 12.4. The first-order valence-electron chi connectivity index (χ1n) is 7.09. The standard InChI is InChI=1S/C18H18O4/c1-12(2)16(13-8-4-3-5-9-13)22-18(21)15-11-7-6-10-14(15)17(19)20/h3-12,16H,1-2H3,(H,19,20)/t16-/m0/s1. The number of benzene rings is 2. The molecule has 0 fully saturated rings. The van der Waals surface area contributed by atoms with Crippen molar-refractivity contribution in [3.8, 4) is 0 Å². The van der Waals surface area contributed by atoms with Gasteiger partial charge in [0, 0.05) is 0 Å². The van der Waals surface area contributed by atoms with Crippen LogP contribution in [-0.4, -0.2) is 17.0 Å². The highest BCUT2D eigenvalue weighted by Gasteiger charge is 2.24. The molecule has 0 aromatic heterocycles. The lowest BCUT2D eigenvalue weighted by molar-refractivity contribution is 0.0172. The summed E-state index contributed by atoms with van der Waals surface area (Å²) >= 11 is 0. The number of carbonyl (C=O) groups excluding carboxylic acids is 1. The van der Waals surface area contributed by atoms with E-state index >= 15 is 0 Å². The van der Waals surface area contributed by atoms with E-state index < -0.39 is 18.0 Å². The smallest absolute Gasteiger partial charge is 0.339 e. The van der Waals surface area contributed by atoms with E-state index in [-0.39, 0.29) is 17.0 Å². The van der Waals surface area contributed by atoms with Crippen LogP contribution < -0.4 is 0 Å². The molecule has 0 radical (unpaired) electrons. The third-order valence-electron chi connectivity index (χ3n) is 3.34. The zero-order valence-corrected chi connectivity index (χ0v) is 12.5. The second kappa shape index (κ2) is 6.89. The van der Waals surface area contributed by atoms with E-state index in [1.54, 1.807) is 12.1 Å². The van der Waals surface area contributed by atoms with E-state index in [1.165, 1.54) is 12.1 Å². The number of esters is 1. The Bertz CT molecular complexity index is 662. The van der Waals surface area contributed by atoms with Gasteiger partial charge in [-0.15, -0.1) is 0 Å². The largest absolute Gasteiger partial charge is 0.478 e. The van der Waals surface area contributed by atoms with Crippen molar-refractivity contribution in [3.05, 3.63) is 71.3 Å². The van der Waals surface area contributed by atoms with Crippen molar-refractivity contribution in [1.82, 2.24) is 0 Å². The van der Waals surface area contributed by atoms with Crippen molar-refractivity contribution in [2.45, 2.75) is 20.0 Å². The highest BCUT2D eigenvalue weighted by molar-refractivity contribution is 6.02. The first-order valence-corrected chi connectivity index (χ1v) is 7.09. The summed E-state index contributed by atoms with van der Waals surface area (Å²) in [6.07, 6.45) is -0.421. The first kappa shape index (κ1) is 15.8. The van der Waals surface area contributed by atoms with Gasteiger partial charge in [-0.25, -0.2) is 9.59 Å². The summed E-state index contributed by atoms with van der Waals surface area (Å²) in [6.45, 7) is 3.90. The van der Waals surface area contributed by atoms with Crippen molar-refractivity contribution in [2.75, 3.05) is 0 Å². The second-order valence-corrected chi connectivity index (χ2v) is 5.33. The van der Waals surface area contributed by atoms with Crippen LogP contribution in [0.1, 0.15) is 46.2 Å². The van der Waals surface area contributed by atoms with Crippen LogP contribution in [-0.2, 0) is 4.74 Å². The number of ether oxygens (including phenoxy) is 1. The lowest BCUT2D eigenvalue weighted by Crippen LogP contribution is -2.18. The van der Waals surface area contributed by atoms with Gasteiger partial charge in [-0.3, -0.25) is 0 Å². The lowest BCUT2D eigenvalue weighted by Gasteiger charge is -2.22. The Labute approximate surface area is 129 Å². The molecule has 0 amide bonds. The summed E-state index contributed by atoms with van der Waals surface area (Å²) in [4.78, 5) is 23.6. The van der Waals surface area contributed by atoms with E-state index in [1.807, 2.05) is 44.2 Å². The molecule has 0 aliphatic heterocycles. The third-order valence-corrected chi connectivity index (χ3v) is 3.34. The van der Waals surface area contributed by atoms with Crippen molar-refractivity contribution in [3.63, 3.8) is 0 Å². The van der Waals surface area contributed by atoms with Gasteiger partial charge in [-0.05, 0) is 23.6 Å². The number of carboxylic acids is 1. The van der Waals surface area contributed by atoms with Crippen LogP contribution in [0.3, 0.4) is 0 Å². The van der Waals surface area contributed by atoms with Crippen LogP contribution in [0.5, 0.6) is 0 Å². The van der Waals surface area contributed by atoms with Gasteiger partial charge in [0.25, 0.3) is 0 Å². The molecule has 0 saturated carbocycles. The molecule has 1 N–H and O–H groups in total. The molecule has 22 heavy (non-hydrogen) atoms. The lowest BCUT2D eigenvalue weighted by atomic mass is 9.98. The second-order valence-electron chi connectivity index (χ2n) is 5.33. The Morgan fingerprint density at radius 3 is 2.00 bits per heavy atom. The SMILES string of the molecule is CC(C)[C@H](OC(=O)c1ccccc1C(=O)O)c1ccccc1. The Morgan fingerprint density at radius 2 is 1.45 bits per heavy atom. The summed E-state index contributed by atoms with van der Waals surface area (Å²) < 4.78 is 5.57. The molecular formula is C18H18O4. The van der Waals surface area contributed by atoms with Crippen molar-refractivity contribution in [2.24, 2.45) is 5.92 Å². The number of carbonyl (C=O) groups is 2. The Hall–Kier alpha value is -2.62. The van der Waals surface area contributed by atoms with E-state index in [0.29, 0.717) is 0 Å². The van der Waals surface area contributed by atoms with Crippen LogP contribution in [0.2, 0.25) is 0 Å². The van der Waals surface area contributed by atoms with Crippen molar-refractivity contribution in [1.29, 1.82) is 0 Å². The van der Waals surface area contributed by atoms with Crippen LogP contribution >= 0.6 is 0 Å². The van der Waals surface area contributed by atoms with E-state index in [0.717, 1.165) is 5.56 Å². The van der Waals surface area contributed by atoms with Gasteiger partial charge in [0.2, 0.25) is 0 Å². The van der Waals surface area contributed by atoms with Gasteiger partial charge >= 0.3 is 11.9 Å². The zero-order valence-electron chi connectivity index (χ0n) is 12.5. The van der Waals surface area contributed by atoms with Gasteiger partial charge in [-0.1, -0.05) is 56.3 Å². The zero-order chi connectivity index (χ0) is 16.1. The molecule has 1 atom stereocenters. The maximum Gasteiger partial charge on any atom is 0.339 e. The molecular weight excluding hydrogens is 280 g/mol. The molecule has 0 heterocycles. The van der Waals surface area contributed by atoms with Gasteiger partial charge < -0.3 is 9.84 Å². The fourth-order valence-corrected chi connectivity index (χ4v) is 2.26. The van der Waals surface area contributed by atoms with Gasteiger partial charge in [0.15, 0.2) is 0 Å². The molecule has 2 aromatic carbocycles. The van der Waals surface area contributed by atoms with Crippen LogP contribution in [0.4, 0.5) is 0 Å². The summed E-state index contributed by atoms with van der Waals surface area (Å²) in [5, 5.41) is 9.17. The van der Waals surface area contributed by atoms with Crippen LogP contribution in [0, 0.1) is 5.92 Å². The molecule has 4 nitrogen and oxygen atoms in total. The maximum absolute atomic E-state index is 12.4. The average molecular weight is 298 g/mol. The average Bonchev–Trinajstić information content (AvgIpc) is 2.52. The monoisotopic (exact) mass is 298 g/mol. The molecule has 0 spiro atoms. The summed E-state index contributed by atoms with van der Waals surface area (Å²) in [5.41, 5.74) is 0.901.